The first kappa shape index (κ1) is 13.3. The standard InChI is InChI=1S/C16H16O3/c1-16(14(17)15(18)19,12-8-4-2-5-9-12)13-10-6-3-7-11-13/h2-11,14,17H,1H3,(H,18,19)/t14-/m0/s1. The van der Waals surface area contributed by atoms with Crippen LogP contribution in [0.4, 0.5) is 0 Å². The van der Waals surface area contributed by atoms with E-state index in [2.05, 4.69) is 0 Å². The third-order valence-corrected chi connectivity index (χ3v) is 3.53. The van der Waals surface area contributed by atoms with Crippen LogP contribution in [-0.2, 0) is 10.2 Å². The van der Waals surface area contributed by atoms with Crippen molar-refractivity contribution in [2.24, 2.45) is 0 Å². The maximum Gasteiger partial charge on any atom is 0.333 e. The molecule has 2 aromatic carbocycles. The Morgan fingerprint density at radius 1 is 0.947 bits per heavy atom. The zero-order valence-electron chi connectivity index (χ0n) is 10.7. The Morgan fingerprint density at radius 2 is 1.32 bits per heavy atom. The maximum atomic E-state index is 11.2. The van der Waals surface area contributed by atoms with Crippen LogP contribution in [0, 0.1) is 0 Å². The van der Waals surface area contributed by atoms with Crippen molar-refractivity contribution in [2.75, 3.05) is 0 Å². The fourth-order valence-electron chi connectivity index (χ4n) is 2.30. The van der Waals surface area contributed by atoms with Crippen LogP contribution in [0.3, 0.4) is 0 Å². The van der Waals surface area contributed by atoms with E-state index in [-0.39, 0.29) is 0 Å². The van der Waals surface area contributed by atoms with E-state index < -0.39 is 17.5 Å². The van der Waals surface area contributed by atoms with Crippen LogP contribution < -0.4 is 0 Å². The van der Waals surface area contributed by atoms with Gasteiger partial charge in [0.2, 0.25) is 0 Å². The highest BCUT2D eigenvalue weighted by Crippen LogP contribution is 2.35. The van der Waals surface area contributed by atoms with Gasteiger partial charge in [0.1, 0.15) is 0 Å². The Hall–Kier alpha value is -2.13. The molecular weight excluding hydrogens is 240 g/mol. The van der Waals surface area contributed by atoms with Crippen molar-refractivity contribution in [3.8, 4) is 0 Å². The van der Waals surface area contributed by atoms with Crippen molar-refractivity contribution in [3.63, 3.8) is 0 Å². The van der Waals surface area contributed by atoms with Crippen molar-refractivity contribution < 1.29 is 15.0 Å². The van der Waals surface area contributed by atoms with Crippen LogP contribution in [0.1, 0.15) is 18.1 Å². The van der Waals surface area contributed by atoms with Crippen molar-refractivity contribution >= 4 is 5.97 Å². The van der Waals surface area contributed by atoms with E-state index in [1.807, 2.05) is 60.7 Å². The number of hydrogen-bond acceptors (Lipinski definition) is 2. The van der Waals surface area contributed by atoms with Gasteiger partial charge in [-0.25, -0.2) is 4.79 Å². The molecule has 2 rings (SSSR count). The van der Waals surface area contributed by atoms with Crippen LogP contribution in [0.25, 0.3) is 0 Å². The number of hydrogen-bond donors (Lipinski definition) is 2. The second-order valence-corrected chi connectivity index (χ2v) is 4.68. The molecule has 1 atom stereocenters. The van der Waals surface area contributed by atoms with Gasteiger partial charge in [-0.2, -0.15) is 0 Å². The molecule has 0 saturated heterocycles. The van der Waals surface area contributed by atoms with Gasteiger partial charge in [0, 0.05) is 0 Å². The summed E-state index contributed by atoms with van der Waals surface area (Å²) in [6.07, 6.45) is -1.50. The van der Waals surface area contributed by atoms with Gasteiger partial charge in [0.05, 0.1) is 5.41 Å². The lowest BCUT2D eigenvalue weighted by molar-refractivity contribution is -0.149. The molecule has 0 amide bonds. The summed E-state index contributed by atoms with van der Waals surface area (Å²) in [6, 6.07) is 18.4. The molecular formula is C16H16O3. The molecule has 3 nitrogen and oxygen atoms in total. The SMILES string of the molecule is CC(c1ccccc1)(c1ccccc1)[C@@H](O)C(=O)O. The van der Waals surface area contributed by atoms with Crippen LogP contribution in [0.15, 0.2) is 60.7 Å². The first-order chi connectivity index (χ1) is 9.06. The number of rotatable bonds is 4. The molecule has 0 spiro atoms. The van der Waals surface area contributed by atoms with E-state index >= 15 is 0 Å². The van der Waals surface area contributed by atoms with E-state index in [0.717, 1.165) is 11.1 Å². The van der Waals surface area contributed by atoms with Gasteiger partial charge in [0.25, 0.3) is 0 Å². The molecule has 0 saturated carbocycles. The monoisotopic (exact) mass is 256 g/mol. The molecule has 98 valence electrons. The van der Waals surface area contributed by atoms with Gasteiger partial charge in [-0.05, 0) is 18.1 Å². The van der Waals surface area contributed by atoms with Crippen LogP contribution in [-0.4, -0.2) is 22.3 Å². The van der Waals surface area contributed by atoms with Crippen LogP contribution >= 0.6 is 0 Å². The third-order valence-electron chi connectivity index (χ3n) is 3.53. The summed E-state index contributed by atoms with van der Waals surface area (Å²) in [5.74, 6) is -1.23. The molecule has 0 heterocycles. The minimum atomic E-state index is -1.50. The Balaban J connectivity index is 2.61. The van der Waals surface area contributed by atoms with E-state index in [1.54, 1.807) is 6.92 Å². The summed E-state index contributed by atoms with van der Waals surface area (Å²) in [5.41, 5.74) is 0.571. The summed E-state index contributed by atoms with van der Waals surface area (Å²) in [5, 5.41) is 19.3. The van der Waals surface area contributed by atoms with Crippen molar-refractivity contribution in [1.82, 2.24) is 0 Å². The van der Waals surface area contributed by atoms with Crippen LogP contribution in [0.2, 0.25) is 0 Å². The summed E-state index contributed by atoms with van der Waals surface area (Å²) < 4.78 is 0. The summed E-state index contributed by atoms with van der Waals surface area (Å²) >= 11 is 0. The number of carboxylic acid groups (broad SMARTS) is 1. The smallest absolute Gasteiger partial charge is 0.333 e. The lowest BCUT2D eigenvalue weighted by atomic mass is 9.72. The first-order valence-electron chi connectivity index (χ1n) is 6.08. The van der Waals surface area contributed by atoms with E-state index in [9.17, 15) is 15.0 Å². The van der Waals surface area contributed by atoms with Gasteiger partial charge in [-0.3, -0.25) is 0 Å². The molecule has 0 aromatic heterocycles. The predicted molar refractivity (Wildman–Crippen MR) is 73.0 cm³/mol. The second-order valence-electron chi connectivity index (χ2n) is 4.68. The predicted octanol–water partition coefficient (Wildman–Crippen LogP) is 2.44. The molecule has 0 aliphatic rings. The molecule has 0 aliphatic carbocycles. The Kier molecular flexibility index (Phi) is 3.67. The number of carbonyl (C=O) groups is 1. The van der Waals surface area contributed by atoms with Crippen molar-refractivity contribution in [3.05, 3.63) is 71.8 Å². The highest BCUT2D eigenvalue weighted by atomic mass is 16.4. The minimum absolute atomic E-state index is 0.774. The normalized spacial score (nSPS) is 12.9. The Bertz CT molecular complexity index is 509. The zero-order valence-corrected chi connectivity index (χ0v) is 10.7. The fourth-order valence-corrected chi connectivity index (χ4v) is 2.30. The largest absolute Gasteiger partial charge is 0.479 e. The molecule has 0 fully saturated rings. The van der Waals surface area contributed by atoms with Crippen molar-refractivity contribution in [2.45, 2.75) is 18.4 Å². The van der Waals surface area contributed by atoms with Crippen molar-refractivity contribution in [1.29, 1.82) is 0 Å². The van der Waals surface area contributed by atoms with Gasteiger partial charge >= 0.3 is 5.97 Å². The maximum absolute atomic E-state index is 11.2. The number of carboxylic acids is 1. The average molecular weight is 256 g/mol. The molecule has 0 radical (unpaired) electrons. The van der Waals surface area contributed by atoms with Crippen LogP contribution in [0.5, 0.6) is 0 Å². The molecule has 3 heteroatoms. The molecule has 2 aromatic rings. The molecule has 0 bridgehead atoms. The molecule has 0 unspecified atom stereocenters. The number of aliphatic hydroxyl groups excluding tert-OH is 1. The molecule has 19 heavy (non-hydrogen) atoms. The van der Waals surface area contributed by atoms with Gasteiger partial charge in [-0.1, -0.05) is 60.7 Å². The Labute approximate surface area is 112 Å². The summed E-state index contributed by atoms with van der Waals surface area (Å²) in [4.78, 5) is 11.2. The van der Waals surface area contributed by atoms with E-state index in [1.165, 1.54) is 0 Å². The quantitative estimate of drug-likeness (QED) is 0.883. The molecule has 0 aliphatic heterocycles. The number of aliphatic hydroxyl groups is 1. The minimum Gasteiger partial charge on any atom is -0.479 e. The average Bonchev–Trinajstić information content (AvgIpc) is 2.47. The summed E-state index contributed by atoms with van der Waals surface area (Å²) in [7, 11) is 0. The van der Waals surface area contributed by atoms with Gasteiger partial charge in [-0.15, -0.1) is 0 Å². The number of aliphatic carboxylic acids is 1. The Morgan fingerprint density at radius 3 is 1.63 bits per heavy atom. The lowest BCUT2D eigenvalue weighted by Crippen LogP contribution is -2.43. The summed E-state index contributed by atoms with van der Waals surface area (Å²) in [6.45, 7) is 1.75. The van der Waals surface area contributed by atoms with E-state index in [0.29, 0.717) is 0 Å². The topological polar surface area (TPSA) is 57.5 Å². The van der Waals surface area contributed by atoms with Gasteiger partial charge in [0.15, 0.2) is 6.10 Å². The highest BCUT2D eigenvalue weighted by Gasteiger charge is 2.40. The second kappa shape index (κ2) is 5.24. The third kappa shape index (κ3) is 2.37. The number of benzene rings is 2. The van der Waals surface area contributed by atoms with Gasteiger partial charge < -0.3 is 10.2 Å². The zero-order chi connectivity index (χ0) is 13.9. The molecule has 2 N–H and O–H groups in total. The fraction of sp³-hybridized carbons (Fsp3) is 0.188. The lowest BCUT2D eigenvalue weighted by Gasteiger charge is -2.33. The van der Waals surface area contributed by atoms with E-state index in [4.69, 9.17) is 0 Å². The first-order valence-corrected chi connectivity index (χ1v) is 6.08. The highest BCUT2D eigenvalue weighted by molar-refractivity contribution is 5.76.